The summed E-state index contributed by atoms with van der Waals surface area (Å²) < 4.78 is 11.3. The van der Waals surface area contributed by atoms with Gasteiger partial charge in [0.2, 0.25) is 11.8 Å². The maximum absolute atomic E-state index is 12.5. The molecule has 6 heteroatoms. The van der Waals surface area contributed by atoms with Crippen LogP contribution in [-0.2, 0) is 11.2 Å². The van der Waals surface area contributed by atoms with Crippen LogP contribution >= 0.6 is 0 Å². The van der Waals surface area contributed by atoms with E-state index in [4.69, 9.17) is 9.26 Å². The Labute approximate surface area is 153 Å². The smallest absolute Gasteiger partial charge is 0.249 e. The maximum Gasteiger partial charge on any atom is 0.249 e. The zero-order valence-electron chi connectivity index (χ0n) is 15.2. The van der Waals surface area contributed by atoms with Crippen molar-refractivity contribution in [2.45, 2.75) is 51.5 Å². The number of nitrogens with zero attached hydrogens (tertiary/aromatic N) is 3. The number of piperidine rings is 1. The minimum absolute atomic E-state index is 0.0595. The van der Waals surface area contributed by atoms with Crippen LogP contribution < -0.4 is 4.74 Å². The largest absolute Gasteiger partial charge is 0.493 e. The van der Waals surface area contributed by atoms with Gasteiger partial charge in [-0.25, -0.2) is 0 Å². The number of amides is 1. The van der Waals surface area contributed by atoms with Gasteiger partial charge >= 0.3 is 0 Å². The molecule has 26 heavy (non-hydrogen) atoms. The highest BCUT2D eigenvalue weighted by Crippen LogP contribution is 2.37. The van der Waals surface area contributed by atoms with E-state index in [-0.39, 0.29) is 17.9 Å². The molecule has 1 atom stereocenters. The number of carbonyl (C=O) groups excluding carboxylic acids is 1. The van der Waals surface area contributed by atoms with Crippen molar-refractivity contribution in [2.24, 2.45) is 5.92 Å². The van der Waals surface area contributed by atoms with Crippen LogP contribution in [0.4, 0.5) is 0 Å². The van der Waals surface area contributed by atoms with E-state index in [0.29, 0.717) is 24.7 Å². The predicted molar refractivity (Wildman–Crippen MR) is 95.7 cm³/mol. The number of ether oxygens (including phenoxy) is 1. The van der Waals surface area contributed by atoms with Crippen molar-refractivity contribution in [1.82, 2.24) is 15.0 Å². The Morgan fingerprint density at radius 2 is 2.19 bits per heavy atom. The Kier molecular flexibility index (Phi) is 4.91. The molecule has 0 bridgehead atoms. The molecule has 4 rings (SSSR count). The molecule has 0 N–H and O–H groups in total. The number of likely N-dealkylation sites (tertiary alicyclic amines) is 1. The summed E-state index contributed by atoms with van der Waals surface area (Å²) in [5, 5.41) is 4.09. The second kappa shape index (κ2) is 7.48. The van der Waals surface area contributed by atoms with Crippen molar-refractivity contribution < 1.29 is 14.1 Å². The number of benzene rings is 1. The monoisotopic (exact) mass is 355 g/mol. The molecule has 1 saturated heterocycles. The third kappa shape index (κ3) is 3.89. The first-order valence-corrected chi connectivity index (χ1v) is 9.53. The van der Waals surface area contributed by atoms with Gasteiger partial charge in [0.25, 0.3) is 0 Å². The van der Waals surface area contributed by atoms with E-state index in [1.165, 1.54) is 5.56 Å². The van der Waals surface area contributed by atoms with Gasteiger partial charge in [-0.2, -0.15) is 4.98 Å². The minimum atomic E-state index is -0.0595. The number of rotatable bonds is 6. The van der Waals surface area contributed by atoms with Crippen LogP contribution in [0.25, 0.3) is 0 Å². The van der Waals surface area contributed by atoms with E-state index in [2.05, 4.69) is 10.1 Å². The fourth-order valence-corrected chi connectivity index (χ4v) is 3.49. The number of aryl methyl sites for hydroxylation is 1. The summed E-state index contributed by atoms with van der Waals surface area (Å²) in [7, 11) is 0. The Morgan fingerprint density at radius 1 is 1.31 bits per heavy atom. The minimum Gasteiger partial charge on any atom is -0.493 e. The van der Waals surface area contributed by atoms with Crippen LogP contribution in [0.5, 0.6) is 5.75 Å². The summed E-state index contributed by atoms with van der Waals surface area (Å²) >= 11 is 0. The third-order valence-corrected chi connectivity index (χ3v) is 5.07. The zero-order valence-corrected chi connectivity index (χ0v) is 15.2. The van der Waals surface area contributed by atoms with Gasteiger partial charge in [0.15, 0.2) is 5.82 Å². The molecule has 138 valence electrons. The number of carbonyl (C=O) groups is 1. The highest BCUT2D eigenvalue weighted by atomic mass is 16.5. The summed E-state index contributed by atoms with van der Waals surface area (Å²) in [4.78, 5) is 19.0. The quantitative estimate of drug-likeness (QED) is 0.794. The molecule has 2 heterocycles. The van der Waals surface area contributed by atoms with E-state index in [0.717, 1.165) is 44.4 Å². The predicted octanol–water partition coefficient (Wildman–Crippen LogP) is 3.46. The van der Waals surface area contributed by atoms with Gasteiger partial charge in [0.05, 0.1) is 6.61 Å². The van der Waals surface area contributed by atoms with E-state index < -0.39 is 0 Å². The third-order valence-electron chi connectivity index (χ3n) is 5.07. The molecule has 2 fully saturated rings. The van der Waals surface area contributed by atoms with Crippen molar-refractivity contribution >= 4 is 5.91 Å². The van der Waals surface area contributed by atoms with Crippen molar-refractivity contribution in [3.8, 4) is 5.75 Å². The first kappa shape index (κ1) is 17.1. The van der Waals surface area contributed by atoms with Crippen LogP contribution in [0.3, 0.4) is 0 Å². The molecular formula is C20H25N3O3. The highest BCUT2D eigenvalue weighted by molar-refractivity contribution is 5.81. The lowest BCUT2D eigenvalue weighted by atomic mass is 10.0. The van der Waals surface area contributed by atoms with Crippen LogP contribution in [0.15, 0.2) is 28.8 Å². The van der Waals surface area contributed by atoms with Crippen molar-refractivity contribution in [3.63, 3.8) is 0 Å². The summed E-state index contributed by atoms with van der Waals surface area (Å²) in [6.45, 7) is 3.34. The fraction of sp³-hybridized carbons (Fsp3) is 0.550. The van der Waals surface area contributed by atoms with Crippen LogP contribution in [0.2, 0.25) is 0 Å². The molecule has 1 aliphatic heterocycles. The topological polar surface area (TPSA) is 68.5 Å². The van der Waals surface area contributed by atoms with Gasteiger partial charge in [-0.05, 0) is 56.7 Å². The van der Waals surface area contributed by atoms with Crippen LogP contribution in [0.1, 0.15) is 55.4 Å². The van der Waals surface area contributed by atoms with Gasteiger partial charge in [0.1, 0.15) is 11.8 Å². The van der Waals surface area contributed by atoms with Gasteiger partial charge in [-0.3, -0.25) is 4.79 Å². The number of hydrogen-bond donors (Lipinski definition) is 0. The Balaban J connectivity index is 1.36. The first-order chi connectivity index (χ1) is 12.7. The lowest BCUT2D eigenvalue weighted by Crippen LogP contribution is -2.39. The Bertz CT molecular complexity index is 769. The molecule has 2 aromatic rings. The first-order valence-electron chi connectivity index (χ1n) is 9.53. The Hall–Kier alpha value is -2.37. The summed E-state index contributed by atoms with van der Waals surface area (Å²) in [6, 6.07) is 7.90. The van der Waals surface area contributed by atoms with Gasteiger partial charge in [0, 0.05) is 18.9 Å². The molecule has 0 radical (unpaired) electrons. The van der Waals surface area contributed by atoms with Crippen molar-refractivity contribution in [1.29, 1.82) is 0 Å². The standard InChI is InChI=1S/C20H25N3O3/c1-14-5-4-6-16(13-14)25-12-10-18-21-19(26-22-18)17-7-2-3-11-23(17)20(24)15-8-9-15/h4-6,13,15,17H,2-3,7-12H2,1H3. The molecule has 1 unspecified atom stereocenters. The molecule has 1 aromatic carbocycles. The molecule has 1 aliphatic carbocycles. The van der Waals surface area contributed by atoms with Crippen LogP contribution in [-0.4, -0.2) is 34.1 Å². The second-order valence-corrected chi connectivity index (χ2v) is 7.28. The van der Waals surface area contributed by atoms with Gasteiger partial charge < -0.3 is 14.2 Å². The maximum atomic E-state index is 12.5. The van der Waals surface area contributed by atoms with E-state index in [1.807, 2.05) is 36.1 Å². The molecule has 2 aliphatic rings. The molecular weight excluding hydrogens is 330 g/mol. The molecule has 1 aromatic heterocycles. The summed E-state index contributed by atoms with van der Waals surface area (Å²) in [5.41, 5.74) is 1.17. The lowest BCUT2D eigenvalue weighted by Gasteiger charge is -2.33. The van der Waals surface area contributed by atoms with Gasteiger partial charge in [-0.15, -0.1) is 0 Å². The number of aromatic nitrogens is 2. The molecule has 1 saturated carbocycles. The fourth-order valence-electron chi connectivity index (χ4n) is 3.49. The van der Waals surface area contributed by atoms with E-state index >= 15 is 0 Å². The van der Waals surface area contributed by atoms with E-state index in [1.54, 1.807) is 0 Å². The highest BCUT2D eigenvalue weighted by Gasteiger charge is 2.39. The number of hydrogen-bond acceptors (Lipinski definition) is 5. The summed E-state index contributed by atoms with van der Waals surface area (Å²) in [6.07, 6.45) is 5.68. The molecule has 6 nitrogen and oxygen atoms in total. The average molecular weight is 355 g/mol. The lowest BCUT2D eigenvalue weighted by molar-refractivity contribution is -0.137. The normalized spacial score (nSPS) is 20.2. The average Bonchev–Trinajstić information content (AvgIpc) is 3.40. The SMILES string of the molecule is Cc1cccc(OCCc2noc(C3CCCCN3C(=O)C3CC3)n2)c1. The second-order valence-electron chi connectivity index (χ2n) is 7.28. The summed E-state index contributed by atoms with van der Waals surface area (Å²) in [5.74, 6) is 2.54. The molecule has 0 spiro atoms. The van der Waals surface area contributed by atoms with Crippen LogP contribution in [0, 0.1) is 12.8 Å². The van der Waals surface area contributed by atoms with E-state index in [9.17, 15) is 4.79 Å². The van der Waals surface area contributed by atoms with Gasteiger partial charge in [-0.1, -0.05) is 17.3 Å². The Morgan fingerprint density at radius 3 is 3.00 bits per heavy atom. The van der Waals surface area contributed by atoms with Crippen molar-refractivity contribution in [2.75, 3.05) is 13.2 Å². The zero-order chi connectivity index (χ0) is 17.9. The van der Waals surface area contributed by atoms with Crippen molar-refractivity contribution in [3.05, 3.63) is 41.5 Å². The molecule has 1 amide bonds.